The van der Waals surface area contributed by atoms with Crippen LogP contribution < -0.4 is 5.73 Å². The van der Waals surface area contributed by atoms with Gasteiger partial charge in [0.2, 0.25) is 5.91 Å². The molecule has 4 rings (SSSR count). The monoisotopic (exact) mass is 415 g/mol. The van der Waals surface area contributed by atoms with Crippen molar-refractivity contribution in [1.29, 1.82) is 0 Å². The minimum Gasteiger partial charge on any atom is -0.381 e. The Hall–Kier alpha value is -2.52. The number of aryl methyl sites for hydroxylation is 2. The lowest BCUT2D eigenvalue weighted by atomic mass is 9.91. The van der Waals surface area contributed by atoms with Gasteiger partial charge in [-0.15, -0.1) is 0 Å². The first-order chi connectivity index (χ1) is 14.3. The molecule has 2 N–H and O–H groups in total. The molecular formula is C21H29N5O4. The predicted molar refractivity (Wildman–Crippen MR) is 109 cm³/mol. The summed E-state index contributed by atoms with van der Waals surface area (Å²) in [5.74, 6) is -0.434. The van der Waals surface area contributed by atoms with Crippen LogP contribution in [0.2, 0.25) is 0 Å². The number of primary amides is 1. The summed E-state index contributed by atoms with van der Waals surface area (Å²) in [7, 11) is 0. The fourth-order valence-corrected chi connectivity index (χ4v) is 4.67. The van der Waals surface area contributed by atoms with Gasteiger partial charge in [-0.25, -0.2) is 9.50 Å². The van der Waals surface area contributed by atoms with Crippen molar-refractivity contribution < 1.29 is 19.1 Å². The summed E-state index contributed by atoms with van der Waals surface area (Å²) in [5.41, 5.74) is 8.51. The van der Waals surface area contributed by atoms with Crippen LogP contribution in [0.1, 0.15) is 53.5 Å². The second kappa shape index (κ2) is 7.96. The zero-order valence-electron chi connectivity index (χ0n) is 17.8. The minimum atomic E-state index is -0.553. The van der Waals surface area contributed by atoms with Crippen molar-refractivity contribution in [2.75, 3.05) is 26.3 Å². The fraction of sp³-hybridized carbons (Fsp3) is 0.619. The first kappa shape index (κ1) is 20.7. The molecular weight excluding hydrogens is 386 g/mol. The lowest BCUT2D eigenvalue weighted by Gasteiger charge is -2.47. The summed E-state index contributed by atoms with van der Waals surface area (Å²) in [6.45, 7) is 8.42. The van der Waals surface area contributed by atoms with Crippen LogP contribution in [0.4, 0.5) is 0 Å². The van der Waals surface area contributed by atoms with E-state index in [1.807, 2.05) is 25.7 Å². The van der Waals surface area contributed by atoms with E-state index >= 15 is 0 Å². The molecule has 0 saturated carbocycles. The molecule has 2 aromatic rings. The van der Waals surface area contributed by atoms with Crippen molar-refractivity contribution in [3.63, 3.8) is 0 Å². The third kappa shape index (κ3) is 3.79. The maximum Gasteiger partial charge on any atom is 0.254 e. The number of amides is 2. The maximum absolute atomic E-state index is 13.1. The van der Waals surface area contributed by atoms with Gasteiger partial charge in [0.15, 0.2) is 5.65 Å². The molecule has 2 saturated heterocycles. The number of hydrogen-bond donors (Lipinski definition) is 1. The van der Waals surface area contributed by atoms with Gasteiger partial charge in [-0.2, -0.15) is 5.10 Å². The summed E-state index contributed by atoms with van der Waals surface area (Å²) < 4.78 is 13.3. The molecule has 0 aromatic carbocycles. The highest BCUT2D eigenvalue weighted by atomic mass is 16.5. The Bertz CT molecular complexity index is 979. The zero-order chi connectivity index (χ0) is 21.5. The largest absolute Gasteiger partial charge is 0.381 e. The van der Waals surface area contributed by atoms with Crippen LogP contribution >= 0.6 is 0 Å². The van der Waals surface area contributed by atoms with Crippen LogP contribution in [-0.4, -0.2) is 69.3 Å². The molecule has 9 nitrogen and oxygen atoms in total. The number of carbonyl (C=O) groups is 2. The number of hydrogen-bond acceptors (Lipinski definition) is 6. The summed E-state index contributed by atoms with van der Waals surface area (Å²) in [5, 5.41) is 4.25. The molecule has 9 heteroatoms. The van der Waals surface area contributed by atoms with E-state index in [0.717, 1.165) is 29.8 Å². The van der Waals surface area contributed by atoms with Crippen molar-refractivity contribution in [3.05, 3.63) is 28.7 Å². The SMILES string of the molecule is Cc1nc2c(C(N)=O)cnn2c(C)c1CCC(=O)N1CC(C)OC2(CCOCC2)C1. The molecule has 4 heterocycles. The van der Waals surface area contributed by atoms with Gasteiger partial charge >= 0.3 is 0 Å². The van der Waals surface area contributed by atoms with Gasteiger partial charge in [0.1, 0.15) is 5.56 Å². The normalized spacial score (nSPS) is 21.3. The molecule has 2 fully saturated rings. The molecule has 30 heavy (non-hydrogen) atoms. The van der Waals surface area contributed by atoms with Crippen LogP contribution in [0.25, 0.3) is 5.65 Å². The molecule has 1 unspecified atom stereocenters. The number of nitrogens with two attached hydrogens (primary N) is 1. The van der Waals surface area contributed by atoms with Gasteiger partial charge in [0.05, 0.1) is 17.9 Å². The Kier molecular flexibility index (Phi) is 5.50. The number of ether oxygens (including phenoxy) is 2. The van der Waals surface area contributed by atoms with Gasteiger partial charge in [0, 0.05) is 57.0 Å². The molecule has 162 valence electrons. The average Bonchev–Trinajstić information content (AvgIpc) is 3.11. The van der Waals surface area contributed by atoms with Gasteiger partial charge < -0.3 is 20.1 Å². The van der Waals surface area contributed by atoms with E-state index in [9.17, 15) is 9.59 Å². The second-order valence-corrected chi connectivity index (χ2v) is 8.42. The number of fused-ring (bicyclic) bond motifs is 1. The number of rotatable bonds is 4. The molecule has 2 aromatic heterocycles. The summed E-state index contributed by atoms with van der Waals surface area (Å²) in [4.78, 5) is 31.1. The summed E-state index contributed by atoms with van der Waals surface area (Å²) >= 11 is 0. The highest BCUT2D eigenvalue weighted by Gasteiger charge is 2.42. The Labute approximate surface area is 175 Å². The van der Waals surface area contributed by atoms with Crippen LogP contribution in [-0.2, 0) is 20.7 Å². The lowest BCUT2D eigenvalue weighted by molar-refractivity contribution is -0.189. The Morgan fingerprint density at radius 2 is 2.03 bits per heavy atom. The topological polar surface area (TPSA) is 112 Å². The van der Waals surface area contributed by atoms with E-state index < -0.39 is 5.91 Å². The van der Waals surface area contributed by atoms with Gasteiger partial charge in [-0.05, 0) is 32.8 Å². The summed E-state index contributed by atoms with van der Waals surface area (Å²) in [6, 6.07) is 0. The van der Waals surface area contributed by atoms with Gasteiger partial charge in [-0.1, -0.05) is 0 Å². The Morgan fingerprint density at radius 1 is 1.30 bits per heavy atom. The van der Waals surface area contributed by atoms with Gasteiger partial charge in [-0.3, -0.25) is 9.59 Å². The van der Waals surface area contributed by atoms with E-state index in [2.05, 4.69) is 10.1 Å². The predicted octanol–water partition coefficient (Wildman–Crippen LogP) is 1.17. The van der Waals surface area contributed by atoms with Crippen molar-refractivity contribution in [2.45, 2.75) is 58.2 Å². The molecule has 2 aliphatic rings. The molecule has 1 atom stereocenters. The second-order valence-electron chi connectivity index (χ2n) is 8.42. The fourth-order valence-electron chi connectivity index (χ4n) is 4.67. The van der Waals surface area contributed by atoms with Crippen molar-refractivity contribution >= 4 is 17.5 Å². The molecule has 0 bridgehead atoms. The van der Waals surface area contributed by atoms with E-state index in [-0.39, 0.29) is 17.6 Å². The van der Waals surface area contributed by atoms with Gasteiger partial charge in [0.25, 0.3) is 5.91 Å². The molecule has 1 spiro atoms. The van der Waals surface area contributed by atoms with Crippen molar-refractivity contribution in [2.24, 2.45) is 5.73 Å². The Balaban J connectivity index is 1.49. The van der Waals surface area contributed by atoms with E-state index in [1.54, 1.807) is 4.52 Å². The third-order valence-electron chi connectivity index (χ3n) is 6.23. The zero-order valence-corrected chi connectivity index (χ0v) is 17.8. The smallest absolute Gasteiger partial charge is 0.254 e. The lowest BCUT2D eigenvalue weighted by Crippen LogP contribution is -2.58. The van der Waals surface area contributed by atoms with Crippen LogP contribution in [0.3, 0.4) is 0 Å². The van der Waals surface area contributed by atoms with E-state index in [4.69, 9.17) is 15.2 Å². The van der Waals surface area contributed by atoms with Crippen molar-refractivity contribution in [3.8, 4) is 0 Å². The highest BCUT2D eigenvalue weighted by molar-refractivity contribution is 5.98. The van der Waals surface area contributed by atoms with E-state index in [1.165, 1.54) is 6.20 Å². The van der Waals surface area contributed by atoms with Crippen LogP contribution in [0.15, 0.2) is 6.20 Å². The maximum atomic E-state index is 13.1. The quantitative estimate of drug-likeness (QED) is 0.802. The third-order valence-corrected chi connectivity index (χ3v) is 6.23. The summed E-state index contributed by atoms with van der Waals surface area (Å²) in [6.07, 6.45) is 4.04. The first-order valence-corrected chi connectivity index (χ1v) is 10.5. The molecule has 2 aliphatic heterocycles. The van der Waals surface area contributed by atoms with Crippen molar-refractivity contribution in [1.82, 2.24) is 19.5 Å². The first-order valence-electron chi connectivity index (χ1n) is 10.5. The van der Waals surface area contributed by atoms with Crippen LogP contribution in [0, 0.1) is 13.8 Å². The van der Waals surface area contributed by atoms with E-state index in [0.29, 0.717) is 50.4 Å². The molecule has 0 aliphatic carbocycles. The number of morpholine rings is 1. The standard InChI is InChI=1S/C21H29N5O4/c1-13-11-25(12-21(30-13)6-8-29-9-7-21)18(27)5-4-16-14(2)24-20-17(19(22)28)10-23-26(20)15(16)3/h10,13H,4-9,11-12H2,1-3H3,(H2,22,28). The highest BCUT2D eigenvalue weighted by Crippen LogP contribution is 2.32. The Morgan fingerprint density at radius 3 is 2.73 bits per heavy atom. The van der Waals surface area contributed by atoms with Crippen LogP contribution in [0.5, 0.6) is 0 Å². The number of carbonyl (C=O) groups excluding carboxylic acids is 2. The molecule has 2 amide bonds. The minimum absolute atomic E-state index is 0.0126. The number of aromatic nitrogens is 3. The number of nitrogens with zero attached hydrogens (tertiary/aromatic N) is 4. The average molecular weight is 415 g/mol. The molecule has 0 radical (unpaired) electrons.